The average Bonchev–Trinajstić information content (AvgIpc) is 3.17. The Hall–Kier alpha value is -2.18. The van der Waals surface area contributed by atoms with Crippen LogP contribution in [0.3, 0.4) is 0 Å². The molecular weight excluding hydrogens is 312 g/mol. The summed E-state index contributed by atoms with van der Waals surface area (Å²) < 4.78 is 4.29. The lowest BCUT2D eigenvalue weighted by Crippen LogP contribution is -2.51. The van der Waals surface area contributed by atoms with Crippen LogP contribution in [0.4, 0.5) is 0 Å². The van der Waals surface area contributed by atoms with Gasteiger partial charge in [0.15, 0.2) is 0 Å². The van der Waals surface area contributed by atoms with Gasteiger partial charge >= 0.3 is 0 Å². The van der Waals surface area contributed by atoms with Crippen LogP contribution in [0.25, 0.3) is 5.65 Å². The van der Waals surface area contributed by atoms with E-state index in [1.807, 2.05) is 12.4 Å². The largest absolute Gasteiger partial charge is 0.337 e. The van der Waals surface area contributed by atoms with Gasteiger partial charge in [0, 0.05) is 63.6 Å². The summed E-state index contributed by atoms with van der Waals surface area (Å²) in [5.74, 6) is 1.14. The molecule has 0 aliphatic carbocycles. The molecule has 1 fully saturated rings. The van der Waals surface area contributed by atoms with Gasteiger partial charge < -0.3 is 8.97 Å². The van der Waals surface area contributed by atoms with Gasteiger partial charge in [-0.3, -0.25) is 9.80 Å². The van der Waals surface area contributed by atoms with Crippen LogP contribution in [0.15, 0.2) is 36.8 Å². The van der Waals surface area contributed by atoms with Gasteiger partial charge in [0.25, 0.3) is 0 Å². The van der Waals surface area contributed by atoms with Gasteiger partial charge in [0.05, 0.1) is 12.2 Å². The third-order valence-corrected chi connectivity index (χ3v) is 5.25. The minimum absolute atomic E-state index is 0.518. The second-order valence-corrected chi connectivity index (χ2v) is 7.14. The molecule has 3 aromatic heterocycles. The van der Waals surface area contributed by atoms with Crippen LogP contribution >= 0.6 is 0 Å². The zero-order chi connectivity index (χ0) is 17.4. The first-order valence-electron chi connectivity index (χ1n) is 8.96. The molecular formula is C19H26N6. The first-order chi connectivity index (χ1) is 12.1. The van der Waals surface area contributed by atoms with Crippen molar-refractivity contribution >= 4 is 5.65 Å². The highest BCUT2D eigenvalue weighted by Gasteiger charge is 2.25. The van der Waals surface area contributed by atoms with Crippen molar-refractivity contribution in [2.75, 3.05) is 19.6 Å². The van der Waals surface area contributed by atoms with Crippen molar-refractivity contribution in [3.63, 3.8) is 0 Å². The molecule has 0 unspecified atom stereocenters. The summed E-state index contributed by atoms with van der Waals surface area (Å²) in [7, 11) is 2.06. The van der Waals surface area contributed by atoms with E-state index in [1.54, 1.807) is 0 Å². The Balaban J connectivity index is 1.40. The summed E-state index contributed by atoms with van der Waals surface area (Å²) in [5.41, 5.74) is 3.42. The number of aromatic nitrogens is 4. The second-order valence-electron chi connectivity index (χ2n) is 7.14. The van der Waals surface area contributed by atoms with Crippen LogP contribution < -0.4 is 0 Å². The Kier molecular flexibility index (Phi) is 4.31. The van der Waals surface area contributed by atoms with Crippen LogP contribution in [-0.4, -0.2) is 54.4 Å². The second kappa shape index (κ2) is 6.61. The number of imidazole rings is 2. The lowest BCUT2D eigenvalue weighted by Gasteiger charge is -2.39. The maximum Gasteiger partial charge on any atom is 0.137 e. The third-order valence-electron chi connectivity index (χ3n) is 5.25. The van der Waals surface area contributed by atoms with E-state index in [2.05, 4.69) is 69.0 Å². The standard InChI is InChI=1S/C19H26N6/c1-15-5-4-6-18-21-17(13-25(15)18)12-23-9-10-24(16(2)11-23)14-19-20-7-8-22(19)3/h4-8,13,16H,9-12,14H2,1-3H3/t16-/m1/s1. The van der Waals surface area contributed by atoms with E-state index in [0.717, 1.165) is 49.9 Å². The molecule has 6 nitrogen and oxygen atoms in total. The summed E-state index contributed by atoms with van der Waals surface area (Å²) in [4.78, 5) is 14.3. The Labute approximate surface area is 148 Å². The summed E-state index contributed by atoms with van der Waals surface area (Å²) in [6.07, 6.45) is 6.07. The van der Waals surface area contributed by atoms with Crippen LogP contribution in [0.5, 0.6) is 0 Å². The predicted molar refractivity (Wildman–Crippen MR) is 98.3 cm³/mol. The molecule has 0 amide bonds. The lowest BCUT2D eigenvalue weighted by atomic mass is 10.2. The van der Waals surface area contributed by atoms with Gasteiger partial charge in [-0.25, -0.2) is 9.97 Å². The Morgan fingerprint density at radius 2 is 2.08 bits per heavy atom. The molecule has 132 valence electrons. The normalized spacial score (nSPS) is 19.7. The van der Waals surface area contributed by atoms with E-state index < -0.39 is 0 Å². The summed E-state index contributed by atoms with van der Waals surface area (Å²) in [6, 6.07) is 6.78. The highest BCUT2D eigenvalue weighted by atomic mass is 15.3. The highest BCUT2D eigenvalue weighted by molar-refractivity contribution is 5.41. The number of rotatable bonds is 4. The number of aryl methyl sites for hydroxylation is 2. The topological polar surface area (TPSA) is 41.6 Å². The summed E-state index contributed by atoms with van der Waals surface area (Å²) in [5, 5.41) is 0. The van der Waals surface area contributed by atoms with Gasteiger partial charge in [-0.05, 0) is 26.0 Å². The molecule has 1 atom stereocenters. The minimum Gasteiger partial charge on any atom is -0.337 e. The number of piperazine rings is 1. The van der Waals surface area contributed by atoms with E-state index in [0.29, 0.717) is 6.04 Å². The van der Waals surface area contributed by atoms with Crippen molar-refractivity contribution in [1.29, 1.82) is 0 Å². The number of pyridine rings is 1. The third kappa shape index (κ3) is 3.32. The number of hydrogen-bond donors (Lipinski definition) is 0. The molecule has 0 radical (unpaired) electrons. The van der Waals surface area contributed by atoms with Gasteiger partial charge in [-0.2, -0.15) is 0 Å². The molecule has 3 aromatic rings. The van der Waals surface area contributed by atoms with E-state index in [4.69, 9.17) is 4.98 Å². The highest BCUT2D eigenvalue weighted by Crippen LogP contribution is 2.16. The van der Waals surface area contributed by atoms with Crippen LogP contribution in [0, 0.1) is 6.92 Å². The van der Waals surface area contributed by atoms with Gasteiger partial charge in [0.1, 0.15) is 11.5 Å². The molecule has 4 rings (SSSR count). The van der Waals surface area contributed by atoms with E-state index in [1.165, 1.54) is 5.69 Å². The fourth-order valence-electron chi connectivity index (χ4n) is 3.68. The van der Waals surface area contributed by atoms with Gasteiger partial charge in [0.2, 0.25) is 0 Å². The molecule has 0 aromatic carbocycles. The van der Waals surface area contributed by atoms with Crippen molar-refractivity contribution in [2.24, 2.45) is 7.05 Å². The van der Waals surface area contributed by atoms with Gasteiger partial charge in [-0.1, -0.05) is 6.07 Å². The Bertz CT molecular complexity index is 864. The summed E-state index contributed by atoms with van der Waals surface area (Å²) in [6.45, 7) is 9.48. The van der Waals surface area contributed by atoms with Crippen LogP contribution in [0.2, 0.25) is 0 Å². The fourth-order valence-corrected chi connectivity index (χ4v) is 3.68. The van der Waals surface area contributed by atoms with Crippen molar-refractivity contribution in [3.05, 3.63) is 54.0 Å². The number of hydrogen-bond acceptors (Lipinski definition) is 4. The van der Waals surface area contributed by atoms with E-state index in [9.17, 15) is 0 Å². The number of nitrogens with zero attached hydrogens (tertiary/aromatic N) is 6. The SMILES string of the molecule is Cc1cccc2nc(CN3CCN(Cc4nccn4C)[C@H](C)C3)cn12. The zero-order valence-corrected chi connectivity index (χ0v) is 15.3. The monoisotopic (exact) mass is 338 g/mol. The smallest absolute Gasteiger partial charge is 0.137 e. The molecule has 0 saturated carbocycles. The molecule has 0 bridgehead atoms. The Morgan fingerprint density at radius 1 is 1.20 bits per heavy atom. The first kappa shape index (κ1) is 16.3. The molecule has 4 heterocycles. The molecule has 25 heavy (non-hydrogen) atoms. The van der Waals surface area contributed by atoms with Gasteiger partial charge in [-0.15, -0.1) is 0 Å². The predicted octanol–water partition coefficient (Wildman–Crippen LogP) is 2.08. The minimum atomic E-state index is 0.518. The molecule has 0 spiro atoms. The number of fused-ring (bicyclic) bond motifs is 1. The fraction of sp³-hybridized carbons (Fsp3) is 0.474. The summed E-state index contributed by atoms with van der Waals surface area (Å²) >= 11 is 0. The lowest BCUT2D eigenvalue weighted by molar-refractivity contribution is 0.0701. The van der Waals surface area contributed by atoms with Crippen molar-refractivity contribution in [3.8, 4) is 0 Å². The molecule has 1 saturated heterocycles. The van der Waals surface area contributed by atoms with Crippen LogP contribution in [0.1, 0.15) is 24.1 Å². The van der Waals surface area contributed by atoms with E-state index >= 15 is 0 Å². The molecule has 1 aliphatic heterocycles. The molecule has 1 aliphatic rings. The van der Waals surface area contributed by atoms with Crippen molar-refractivity contribution in [1.82, 2.24) is 28.7 Å². The Morgan fingerprint density at radius 3 is 2.80 bits per heavy atom. The maximum atomic E-state index is 4.78. The van der Waals surface area contributed by atoms with E-state index in [-0.39, 0.29) is 0 Å². The first-order valence-corrected chi connectivity index (χ1v) is 8.96. The molecule has 6 heteroatoms. The maximum absolute atomic E-state index is 4.78. The quantitative estimate of drug-likeness (QED) is 0.730. The average molecular weight is 338 g/mol. The molecule has 0 N–H and O–H groups in total. The van der Waals surface area contributed by atoms with Crippen molar-refractivity contribution < 1.29 is 0 Å². The van der Waals surface area contributed by atoms with Crippen molar-refractivity contribution in [2.45, 2.75) is 33.0 Å². The zero-order valence-electron chi connectivity index (χ0n) is 15.3. The van der Waals surface area contributed by atoms with Crippen LogP contribution in [-0.2, 0) is 20.1 Å².